The van der Waals surface area contributed by atoms with Gasteiger partial charge in [-0.05, 0) is 26.2 Å². The van der Waals surface area contributed by atoms with Gasteiger partial charge in [-0.2, -0.15) is 0 Å². The van der Waals surface area contributed by atoms with E-state index in [-0.39, 0.29) is 17.9 Å². The molecule has 34 heavy (non-hydrogen) atoms. The van der Waals surface area contributed by atoms with Crippen LogP contribution in [0.2, 0.25) is 0 Å². The second kappa shape index (κ2) is 10.1. The number of carbonyl (C=O) groups is 2. The third kappa shape index (κ3) is 4.62. The highest BCUT2D eigenvalue weighted by Crippen LogP contribution is 2.33. The zero-order valence-corrected chi connectivity index (χ0v) is 20.4. The zero-order valence-electron chi connectivity index (χ0n) is 20.4. The topological polar surface area (TPSA) is 80.0 Å². The second-order valence-electron chi connectivity index (χ2n) is 10.3. The second-order valence-corrected chi connectivity index (χ2v) is 10.3. The molecule has 0 bridgehead atoms. The van der Waals surface area contributed by atoms with Crippen LogP contribution >= 0.6 is 0 Å². The third-order valence-electron chi connectivity index (χ3n) is 7.94. The van der Waals surface area contributed by atoms with E-state index in [1.807, 2.05) is 28.5 Å². The molecular formula is C26H38N4O4. The average Bonchev–Trinajstić information content (AvgIpc) is 3.41. The zero-order chi connectivity index (χ0) is 23.5. The van der Waals surface area contributed by atoms with E-state index in [9.17, 15) is 9.59 Å². The van der Waals surface area contributed by atoms with Crippen LogP contribution in [0.25, 0.3) is 11.1 Å². The average molecular weight is 471 g/mol. The maximum absolute atomic E-state index is 13.8. The van der Waals surface area contributed by atoms with E-state index in [0.29, 0.717) is 24.4 Å². The van der Waals surface area contributed by atoms with Crippen molar-refractivity contribution >= 4 is 22.9 Å². The van der Waals surface area contributed by atoms with Crippen LogP contribution in [0.4, 0.5) is 0 Å². The molecule has 5 rings (SSSR count). The van der Waals surface area contributed by atoms with Gasteiger partial charge >= 0.3 is 0 Å². The molecule has 0 spiro atoms. The van der Waals surface area contributed by atoms with E-state index >= 15 is 0 Å². The van der Waals surface area contributed by atoms with Gasteiger partial charge in [0.15, 0.2) is 5.58 Å². The Balaban J connectivity index is 1.36. The van der Waals surface area contributed by atoms with Crippen molar-refractivity contribution < 1.29 is 18.7 Å². The van der Waals surface area contributed by atoms with Gasteiger partial charge in [0.25, 0.3) is 5.91 Å². The summed E-state index contributed by atoms with van der Waals surface area (Å²) >= 11 is 0. The first-order chi connectivity index (χ1) is 16.6. The number of nitrogens with one attached hydrogen (secondary N) is 1. The molecule has 0 aromatic carbocycles. The number of furan rings is 1. The SMILES string of the molecule is CC1(C(=O)NC2CCCCCCC2)Cn2c(cc3occc32)C(=O)N1CCCN1CCOCC1. The molecule has 1 aliphatic carbocycles. The van der Waals surface area contributed by atoms with Crippen molar-refractivity contribution in [2.24, 2.45) is 0 Å². The monoisotopic (exact) mass is 470 g/mol. The van der Waals surface area contributed by atoms with Gasteiger partial charge in [0.1, 0.15) is 11.2 Å². The first-order valence-corrected chi connectivity index (χ1v) is 13.1. The number of carbonyl (C=O) groups excluding carboxylic acids is 2. The minimum absolute atomic E-state index is 0.0335. The molecule has 4 heterocycles. The Morgan fingerprint density at radius 3 is 2.62 bits per heavy atom. The Morgan fingerprint density at radius 1 is 1.12 bits per heavy atom. The highest BCUT2D eigenvalue weighted by Gasteiger charge is 2.48. The van der Waals surface area contributed by atoms with Crippen LogP contribution in [-0.2, 0) is 16.1 Å². The standard InChI is InChI=1S/C26H38N4O4/c1-26(25(32)27-20-8-5-3-2-4-6-9-20)19-29-21-10-15-34-23(21)18-22(29)24(31)30(26)12-7-11-28-13-16-33-17-14-28/h10,15,18,20H,2-9,11-14,16-17,19H2,1H3,(H,27,32). The van der Waals surface area contributed by atoms with Crippen LogP contribution < -0.4 is 5.32 Å². The first-order valence-electron chi connectivity index (χ1n) is 13.1. The molecule has 1 saturated carbocycles. The molecule has 8 nitrogen and oxygen atoms in total. The number of hydrogen-bond donors (Lipinski definition) is 1. The molecule has 1 atom stereocenters. The molecule has 2 aromatic heterocycles. The van der Waals surface area contributed by atoms with Crippen LogP contribution in [0.5, 0.6) is 0 Å². The molecule has 0 radical (unpaired) electrons. The summed E-state index contributed by atoms with van der Waals surface area (Å²) in [6.07, 6.45) is 10.6. The van der Waals surface area contributed by atoms with Crippen molar-refractivity contribution in [3.63, 3.8) is 0 Å². The number of hydrogen-bond acceptors (Lipinski definition) is 5. The van der Waals surface area contributed by atoms with E-state index < -0.39 is 5.54 Å². The van der Waals surface area contributed by atoms with Crippen LogP contribution in [0.3, 0.4) is 0 Å². The van der Waals surface area contributed by atoms with E-state index in [1.54, 1.807) is 6.26 Å². The smallest absolute Gasteiger partial charge is 0.271 e. The maximum Gasteiger partial charge on any atom is 0.271 e. The lowest BCUT2D eigenvalue weighted by Crippen LogP contribution is -2.65. The molecule has 1 N–H and O–H groups in total. The van der Waals surface area contributed by atoms with Crippen molar-refractivity contribution in [3.8, 4) is 0 Å². The van der Waals surface area contributed by atoms with Crippen molar-refractivity contribution in [3.05, 3.63) is 24.1 Å². The number of ether oxygens (including phenoxy) is 1. The molecular weight excluding hydrogens is 432 g/mol. The van der Waals surface area contributed by atoms with E-state index in [4.69, 9.17) is 9.15 Å². The van der Waals surface area contributed by atoms with E-state index in [2.05, 4.69) is 10.2 Å². The third-order valence-corrected chi connectivity index (χ3v) is 7.94. The quantitative estimate of drug-likeness (QED) is 0.700. The molecule has 186 valence electrons. The predicted octanol–water partition coefficient (Wildman–Crippen LogP) is 3.40. The fourth-order valence-electron chi connectivity index (χ4n) is 5.84. The van der Waals surface area contributed by atoms with Crippen LogP contribution in [0.1, 0.15) is 68.8 Å². The number of nitrogens with zero attached hydrogens (tertiary/aromatic N) is 3. The minimum atomic E-state index is -0.944. The molecule has 2 fully saturated rings. The molecule has 2 aliphatic heterocycles. The number of rotatable bonds is 6. The summed E-state index contributed by atoms with van der Waals surface area (Å²) in [6, 6.07) is 3.89. The minimum Gasteiger partial charge on any atom is -0.463 e. The summed E-state index contributed by atoms with van der Waals surface area (Å²) in [4.78, 5) is 31.8. The Bertz CT molecular complexity index is 1000. The molecule has 1 saturated heterocycles. The van der Waals surface area contributed by atoms with Gasteiger partial charge in [-0.3, -0.25) is 14.5 Å². The van der Waals surface area contributed by atoms with Crippen molar-refractivity contribution in [2.75, 3.05) is 39.4 Å². The molecule has 1 unspecified atom stereocenters. The fraction of sp³-hybridized carbons (Fsp3) is 0.692. The Morgan fingerprint density at radius 2 is 1.85 bits per heavy atom. The van der Waals surface area contributed by atoms with Crippen molar-refractivity contribution in [1.29, 1.82) is 0 Å². The lowest BCUT2D eigenvalue weighted by molar-refractivity contribution is -0.133. The van der Waals surface area contributed by atoms with Crippen LogP contribution in [0.15, 0.2) is 22.8 Å². The van der Waals surface area contributed by atoms with Crippen molar-refractivity contribution in [1.82, 2.24) is 19.7 Å². The summed E-state index contributed by atoms with van der Waals surface area (Å²) in [7, 11) is 0. The first kappa shape index (κ1) is 23.4. The highest BCUT2D eigenvalue weighted by molar-refractivity contribution is 6.02. The van der Waals surface area contributed by atoms with Gasteiger partial charge < -0.3 is 23.9 Å². The summed E-state index contributed by atoms with van der Waals surface area (Å²) in [6.45, 7) is 7.20. The van der Waals surface area contributed by atoms with Crippen LogP contribution in [0, 0.1) is 0 Å². The maximum atomic E-state index is 13.8. The lowest BCUT2D eigenvalue weighted by atomic mass is 9.92. The lowest BCUT2D eigenvalue weighted by Gasteiger charge is -2.45. The molecule has 2 aromatic rings. The Hall–Kier alpha value is -2.32. The summed E-state index contributed by atoms with van der Waals surface area (Å²) < 4.78 is 13.0. The van der Waals surface area contributed by atoms with Gasteiger partial charge in [0.05, 0.1) is 31.5 Å². The van der Waals surface area contributed by atoms with Gasteiger partial charge in [0.2, 0.25) is 5.91 Å². The van der Waals surface area contributed by atoms with Gasteiger partial charge in [-0.25, -0.2) is 0 Å². The summed E-state index contributed by atoms with van der Waals surface area (Å²) in [5.41, 5.74) is 1.24. The predicted molar refractivity (Wildman–Crippen MR) is 130 cm³/mol. The molecule has 8 heteroatoms. The van der Waals surface area contributed by atoms with Gasteiger partial charge in [-0.1, -0.05) is 32.1 Å². The van der Waals surface area contributed by atoms with Crippen LogP contribution in [-0.4, -0.2) is 77.2 Å². The van der Waals surface area contributed by atoms with E-state index in [1.165, 1.54) is 19.3 Å². The fourth-order valence-corrected chi connectivity index (χ4v) is 5.84. The summed E-state index contributed by atoms with van der Waals surface area (Å²) in [5.74, 6) is -0.122. The van der Waals surface area contributed by atoms with Gasteiger partial charge in [0, 0.05) is 44.4 Å². The van der Waals surface area contributed by atoms with Crippen molar-refractivity contribution in [2.45, 2.75) is 76.4 Å². The normalized spacial score (nSPS) is 25.2. The Kier molecular flexibility index (Phi) is 6.97. The number of aromatic nitrogens is 1. The Labute approximate surface area is 201 Å². The highest BCUT2D eigenvalue weighted by atomic mass is 16.5. The van der Waals surface area contributed by atoms with E-state index in [0.717, 1.165) is 70.5 Å². The summed E-state index contributed by atoms with van der Waals surface area (Å²) in [5, 5.41) is 3.36. The van der Waals surface area contributed by atoms with Gasteiger partial charge in [-0.15, -0.1) is 0 Å². The molecule has 2 amide bonds. The number of fused-ring (bicyclic) bond motifs is 3. The largest absolute Gasteiger partial charge is 0.463 e. The molecule has 3 aliphatic rings. The number of amides is 2. The number of morpholine rings is 1.